The summed E-state index contributed by atoms with van der Waals surface area (Å²) in [5, 5.41) is 6.33. The molecule has 1 heterocycles. The van der Waals surface area contributed by atoms with E-state index in [0.29, 0.717) is 18.9 Å². The number of aliphatic imine (C=N–C) groups is 1. The third-order valence-corrected chi connectivity index (χ3v) is 5.18. The number of ether oxygens (including phenoxy) is 1. The number of guanidine groups is 1. The van der Waals surface area contributed by atoms with E-state index in [1.165, 1.54) is 0 Å². The fraction of sp³-hybridized carbons (Fsp3) is 0.500. The Labute approximate surface area is 148 Å². The zero-order chi connectivity index (χ0) is 15.3. The topological polar surface area (TPSA) is 79.8 Å². The second-order valence-electron chi connectivity index (χ2n) is 5.02. The van der Waals surface area contributed by atoms with Crippen molar-refractivity contribution in [1.29, 1.82) is 0 Å². The maximum absolute atomic E-state index is 11.4. The van der Waals surface area contributed by atoms with Gasteiger partial charge in [0.15, 0.2) is 15.8 Å². The smallest absolute Gasteiger partial charge is 0.191 e. The number of nitrogens with one attached hydrogen (secondary N) is 2. The van der Waals surface area contributed by atoms with E-state index in [1.54, 1.807) is 14.2 Å². The molecule has 6 nitrogen and oxygen atoms in total. The van der Waals surface area contributed by atoms with Gasteiger partial charge in [-0.1, -0.05) is 12.1 Å². The number of nitrogens with zero attached hydrogens (tertiary/aromatic N) is 1. The van der Waals surface area contributed by atoms with Crippen LogP contribution in [0.1, 0.15) is 12.0 Å². The molecule has 0 bridgehead atoms. The van der Waals surface area contributed by atoms with Crippen LogP contribution < -0.4 is 15.4 Å². The van der Waals surface area contributed by atoms with Crippen molar-refractivity contribution in [2.45, 2.75) is 19.0 Å². The molecule has 0 amide bonds. The standard InChI is InChI=1S/C14H21N3O3S.HI/c1-15-14(17-12-7-8-21(18,19)10-12)16-9-11-3-5-13(20-2)6-4-11;/h3-6,12H,7-10H2,1-2H3,(H2,15,16,17);1H. The minimum absolute atomic E-state index is 0. The average Bonchev–Trinajstić information content (AvgIpc) is 2.83. The molecule has 8 heteroatoms. The van der Waals surface area contributed by atoms with E-state index >= 15 is 0 Å². The Morgan fingerprint density at radius 3 is 2.55 bits per heavy atom. The van der Waals surface area contributed by atoms with Gasteiger partial charge in [0.2, 0.25) is 0 Å². The molecule has 1 saturated heterocycles. The summed E-state index contributed by atoms with van der Waals surface area (Å²) in [6.07, 6.45) is 0.631. The Morgan fingerprint density at radius 1 is 1.36 bits per heavy atom. The lowest BCUT2D eigenvalue weighted by atomic mass is 10.2. The van der Waals surface area contributed by atoms with Crippen molar-refractivity contribution in [3.8, 4) is 5.75 Å². The maximum Gasteiger partial charge on any atom is 0.191 e. The van der Waals surface area contributed by atoms with Gasteiger partial charge in [0, 0.05) is 19.6 Å². The molecule has 1 aliphatic heterocycles. The highest BCUT2D eigenvalue weighted by Crippen LogP contribution is 2.12. The quantitative estimate of drug-likeness (QED) is 0.418. The van der Waals surface area contributed by atoms with Crippen molar-refractivity contribution < 1.29 is 13.2 Å². The van der Waals surface area contributed by atoms with Crippen LogP contribution in [-0.4, -0.2) is 46.1 Å². The predicted molar refractivity (Wildman–Crippen MR) is 98.8 cm³/mol. The maximum atomic E-state index is 11.4. The van der Waals surface area contributed by atoms with Gasteiger partial charge in [-0.25, -0.2) is 8.42 Å². The highest BCUT2D eigenvalue weighted by molar-refractivity contribution is 14.0. The number of rotatable bonds is 4. The summed E-state index contributed by atoms with van der Waals surface area (Å²) in [5.41, 5.74) is 1.10. The number of sulfone groups is 1. The number of hydrogen-bond acceptors (Lipinski definition) is 4. The fourth-order valence-electron chi connectivity index (χ4n) is 2.23. The summed E-state index contributed by atoms with van der Waals surface area (Å²) in [6.45, 7) is 0.614. The molecule has 1 unspecified atom stereocenters. The molecule has 0 aliphatic carbocycles. The molecular weight excluding hydrogens is 417 g/mol. The van der Waals surface area contributed by atoms with Crippen LogP contribution in [0.25, 0.3) is 0 Å². The molecule has 1 aliphatic rings. The van der Waals surface area contributed by atoms with E-state index in [0.717, 1.165) is 11.3 Å². The lowest BCUT2D eigenvalue weighted by molar-refractivity contribution is 0.414. The normalized spacial score (nSPS) is 20.1. The Bertz CT molecular complexity index is 602. The van der Waals surface area contributed by atoms with Gasteiger partial charge in [0.1, 0.15) is 5.75 Å². The van der Waals surface area contributed by atoms with Crippen LogP contribution in [0.5, 0.6) is 5.75 Å². The molecule has 1 atom stereocenters. The van der Waals surface area contributed by atoms with Crippen LogP contribution in [-0.2, 0) is 16.4 Å². The number of methoxy groups -OCH3 is 1. The molecule has 22 heavy (non-hydrogen) atoms. The minimum atomic E-state index is -2.88. The molecular formula is C14H22IN3O3S. The summed E-state index contributed by atoms with van der Waals surface area (Å²) in [7, 11) is 0.424. The highest BCUT2D eigenvalue weighted by Gasteiger charge is 2.28. The van der Waals surface area contributed by atoms with Crippen molar-refractivity contribution in [2.75, 3.05) is 25.7 Å². The summed E-state index contributed by atoms with van der Waals surface area (Å²) in [5.74, 6) is 1.86. The first-order chi connectivity index (χ1) is 10.0. The molecule has 1 aromatic carbocycles. The van der Waals surface area contributed by atoms with E-state index in [-0.39, 0.29) is 41.5 Å². The molecule has 0 radical (unpaired) electrons. The van der Waals surface area contributed by atoms with Gasteiger partial charge < -0.3 is 15.4 Å². The van der Waals surface area contributed by atoms with Gasteiger partial charge in [0.25, 0.3) is 0 Å². The van der Waals surface area contributed by atoms with Gasteiger partial charge in [-0.05, 0) is 24.1 Å². The number of hydrogen-bond donors (Lipinski definition) is 2. The lowest BCUT2D eigenvalue weighted by Gasteiger charge is -2.16. The van der Waals surface area contributed by atoms with Crippen LogP contribution in [0.15, 0.2) is 29.3 Å². The molecule has 0 saturated carbocycles. The fourth-order valence-corrected chi connectivity index (χ4v) is 3.90. The van der Waals surface area contributed by atoms with Gasteiger partial charge in [-0.3, -0.25) is 4.99 Å². The number of halogens is 1. The summed E-state index contributed by atoms with van der Waals surface area (Å²) in [4.78, 5) is 4.12. The first-order valence-corrected chi connectivity index (χ1v) is 8.65. The molecule has 1 fully saturated rings. The summed E-state index contributed by atoms with van der Waals surface area (Å²) >= 11 is 0. The zero-order valence-electron chi connectivity index (χ0n) is 12.7. The van der Waals surface area contributed by atoms with Crippen LogP contribution >= 0.6 is 24.0 Å². The third-order valence-electron chi connectivity index (χ3n) is 3.42. The molecule has 0 aromatic heterocycles. The van der Waals surface area contributed by atoms with Crippen LogP contribution in [0.2, 0.25) is 0 Å². The Morgan fingerprint density at radius 2 is 2.05 bits per heavy atom. The van der Waals surface area contributed by atoms with Crippen molar-refractivity contribution in [3.05, 3.63) is 29.8 Å². The number of benzene rings is 1. The monoisotopic (exact) mass is 439 g/mol. The molecule has 1 aromatic rings. The van der Waals surface area contributed by atoms with Crippen LogP contribution in [0.4, 0.5) is 0 Å². The van der Waals surface area contributed by atoms with Crippen LogP contribution in [0.3, 0.4) is 0 Å². The van der Waals surface area contributed by atoms with Gasteiger partial charge >= 0.3 is 0 Å². The molecule has 2 rings (SSSR count). The summed E-state index contributed by atoms with van der Waals surface area (Å²) < 4.78 is 28.0. The Kier molecular flexibility index (Phi) is 7.40. The van der Waals surface area contributed by atoms with E-state index < -0.39 is 9.84 Å². The van der Waals surface area contributed by atoms with E-state index in [9.17, 15) is 8.42 Å². The van der Waals surface area contributed by atoms with Crippen LogP contribution in [0, 0.1) is 0 Å². The van der Waals surface area contributed by atoms with E-state index in [2.05, 4.69) is 15.6 Å². The lowest BCUT2D eigenvalue weighted by Crippen LogP contribution is -2.43. The van der Waals surface area contributed by atoms with Gasteiger partial charge in [-0.2, -0.15) is 0 Å². The largest absolute Gasteiger partial charge is 0.497 e. The average molecular weight is 439 g/mol. The Balaban J connectivity index is 0.00000242. The molecule has 2 N–H and O–H groups in total. The first-order valence-electron chi connectivity index (χ1n) is 6.83. The van der Waals surface area contributed by atoms with Gasteiger partial charge in [-0.15, -0.1) is 24.0 Å². The van der Waals surface area contributed by atoms with Gasteiger partial charge in [0.05, 0.1) is 18.6 Å². The van der Waals surface area contributed by atoms with E-state index in [1.807, 2.05) is 24.3 Å². The van der Waals surface area contributed by atoms with Crippen molar-refractivity contribution in [3.63, 3.8) is 0 Å². The highest BCUT2D eigenvalue weighted by atomic mass is 127. The van der Waals surface area contributed by atoms with E-state index in [4.69, 9.17) is 4.74 Å². The third kappa shape index (κ3) is 5.64. The Hall–Kier alpha value is -1.03. The second kappa shape index (κ2) is 8.56. The second-order valence-corrected chi connectivity index (χ2v) is 7.25. The first kappa shape index (κ1) is 19.0. The van der Waals surface area contributed by atoms with Crippen molar-refractivity contribution in [1.82, 2.24) is 10.6 Å². The zero-order valence-corrected chi connectivity index (χ0v) is 15.9. The molecule has 0 spiro atoms. The summed E-state index contributed by atoms with van der Waals surface area (Å²) in [6, 6.07) is 7.68. The van der Waals surface area contributed by atoms with Crippen molar-refractivity contribution in [2.24, 2.45) is 4.99 Å². The molecule has 124 valence electrons. The van der Waals surface area contributed by atoms with Crippen molar-refractivity contribution >= 4 is 39.8 Å². The SMILES string of the molecule is CN=C(NCc1ccc(OC)cc1)NC1CCS(=O)(=O)C1.I. The minimum Gasteiger partial charge on any atom is -0.497 e. The predicted octanol–water partition coefficient (Wildman–Crippen LogP) is 1.17.